The number of aliphatic hydroxyl groups is 1. The molecule has 2 atom stereocenters. The first-order valence-electron chi connectivity index (χ1n) is 6.75. The molecule has 2 aromatic rings. The van der Waals surface area contributed by atoms with Gasteiger partial charge in [0, 0.05) is 4.47 Å². The van der Waals surface area contributed by atoms with Crippen LogP contribution in [-0.2, 0) is 0 Å². The summed E-state index contributed by atoms with van der Waals surface area (Å²) in [6.45, 7) is 4.34. The molecule has 0 aliphatic rings. The van der Waals surface area contributed by atoms with Gasteiger partial charge in [-0.15, -0.1) is 0 Å². The number of rotatable bonds is 4. The van der Waals surface area contributed by atoms with Crippen molar-refractivity contribution in [3.63, 3.8) is 0 Å². The largest absolute Gasteiger partial charge is 0.384 e. The Labute approximate surface area is 127 Å². The van der Waals surface area contributed by atoms with Crippen LogP contribution in [0.15, 0.2) is 46.9 Å². The third-order valence-electron chi connectivity index (χ3n) is 3.69. The molecule has 1 nitrogen and oxygen atoms in total. The quantitative estimate of drug-likeness (QED) is 0.815. The zero-order valence-corrected chi connectivity index (χ0v) is 13.2. The molecule has 2 rings (SSSR count). The van der Waals surface area contributed by atoms with Crippen molar-refractivity contribution in [2.24, 2.45) is 0 Å². The molecule has 1 N–H and O–H groups in total. The summed E-state index contributed by atoms with van der Waals surface area (Å²) in [6.07, 6.45) is 0.335. The molecule has 0 amide bonds. The first-order valence-corrected chi connectivity index (χ1v) is 7.55. The van der Waals surface area contributed by atoms with Gasteiger partial charge in [-0.3, -0.25) is 0 Å². The SMILES string of the molecule is CCC(C)c1ccc(C(O)c2ccc(F)cc2Br)cc1. The van der Waals surface area contributed by atoms with Crippen LogP contribution in [0.1, 0.15) is 49.0 Å². The average molecular weight is 337 g/mol. The number of hydrogen-bond acceptors (Lipinski definition) is 1. The smallest absolute Gasteiger partial charge is 0.124 e. The van der Waals surface area contributed by atoms with E-state index in [-0.39, 0.29) is 5.82 Å². The maximum atomic E-state index is 13.1. The maximum Gasteiger partial charge on any atom is 0.124 e. The van der Waals surface area contributed by atoms with E-state index in [1.807, 2.05) is 24.3 Å². The van der Waals surface area contributed by atoms with Gasteiger partial charge in [0.15, 0.2) is 0 Å². The van der Waals surface area contributed by atoms with Crippen molar-refractivity contribution in [3.8, 4) is 0 Å². The first kappa shape index (κ1) is 15.2. The number of benzene rings is 2. The van der Waals surface area contributed by atoms with Gasteiger partial charge in [0.1, 0.15) is 11.9 Å². The summed E-state index contributed by atoms with van der Waals surface area (Å²) in [5.41, 5.74) is 2.74. The lowest BCUT2D eigenvalue weighted by Gasteiger charge is -2.15. The van der Waals surface area contributed by atoms with Gasteiger partial charge < -0.3 is 5.11 Å². The minimum Gasteiger partial charge on any atom is -0.384 e. The fourth-order valence-electron chi connectivity index (χ4n) is 2.15. The Kier molecular flexibility index (Phi) is 4.95. The maximum absolute atomic E-state index is 13.1. The van der Waals surface area contributed by atoms with Crippen LogP contribution in [0.25, 0.3) is 0 Å². The van der Waals surface area contributed by atoms with Gasteiger partial charge in [-0.1, -0.05) is 60.1 Å². The molecule has 2 aromatic carbocycles. The molecule has 0 radical (unpaired) electrons. The predicted molar refractivity (Wildman–Crippen MR) is 83.3 cm³/mol. The van der Waals surface area contributed by atoms with Crippen molar-refractivity contribution in [3.05, 3.63) is 69.4 Å². The summed E-state index contributed by atoms with van der Waals surface area (Å²) in [7, 11) is 0. The molecule has 0 heterocycles. The Balaban J connectivity index is 2.26. The van der Waals surface area contributed by atoms with Crippen molar-refractivity contribution in [1.29, 1.82) is 0 Å². The Morgan fingerprint density at radius 2 is 1.70 bits per heavy atom. The lowest BCUT2D eigenvalue weighted by Crippen LogP contribution is -2.02. The lowest BCUT2D eigenvalue weighted by atomic mass is 9.95. The molecule has 2 unspecified atom stereocenters. The van der Waals surface area contributed by atoms with E-state index >= 15 is 0 Å². The van der Waals surface area contributed by atoms with Crippen LogP contribution in [-0.4, -0.2) is 5.11 Å². The third-order valence-corrected chi connectivity index (χ3v) is 4.38. The van der Waals surface area contributed by atoms with Gasteiger partial charge in [-0.05, 0) is 41.2 Å². The van der Waals surface area contributed by atoms with Gasteiger partial charge in [0.25, 0.3) is 0 Å². The van der Waals surface area contributed by atoms with E-state index in [0.717, 1.165) is 12.0 Å². The van der Waals surface area contributed by atoms with Crippen molar-refractivity contribution < 1.29 is 9.50 Å². The van der Waals surface area contributed by atoms with E-state index in [2.05, 4.69) is 29.8 Å². The number of aliphatic hydroxyl groups excluding tert-OH is 1. The highest BCUT2D eigenvalue weighted by Crippen LogP contribution is 2.30. The van der Waals surface area contributed by atoms with E-state index in [1.54, 1.807) is 6.07 Å². The van der Waals surface area contributed by atoms with Gasteiger partial charge in [0.05, 0.1) is 0 Å². The molecular weight excluding hydrogens is 319 g/mol. The molecular formula is C17H18BrFO. The molecule has 0 spiro atoms. The highest BCUT2D eigenvalue weighted by molar-refractivity contribution is 9.10. The molecule has 20 heavy (non-hydrogen) atoms. The van der Waals surface area contributed by atoms with E-state index in [1.165, 1.54) is 17.7 Å². The summed E-state index contributed by atoms with van der Waals surface area (Å²) in [5, 5.41) is 10.4. The average Bonchev–Trinajstić information content (AvgIpc) is 2.46. The third kappa shape index (κ3) is 3.28. The minimum absolute atomic E-state index is 0.319. The van der Waals surface area contributed by atoms with E-state index in [9.17, 15) is 9.50 Å². The second kappa shape index (κ2) is 6.51. The zero-order valence-electron chi connectivity index (χ0n) is 11.6. The molecule has 0 saturated carbocycles. The van der Waals surface area contributed by atoms with Gasteiger partial charge in [-0.25, -0.2) is 4.39 Å². The molecule has 0 aromatic heterocycles. The second-order valence-electron chi connectivity index (χ2n) is 5.04. The monoisotopic (exact) mass is 336 g/mol. The van der Waals surface area contributed by atoms with E-state index < -0.39 is 6.10 Å². The standard InChI is InChI=1S/C17H18BrFO/c1-3-11(2)12-4-6-13(7-5-12)17(20)15-9-8-14(19)10-16(15)18/h4-11,17,20H,3H2,1-2H3. The first-order chi connectivity index (χ1) is 9.52. The van der Waals surface area contributed by atoms with Crippen molar-refractivity contribution >= 4 is 15.9 Å². The van der Waals surface area contributed by atoms with Crippen molar-refractivity contribution in [1.82, 2.24) is 0 Å². The van der Waals surface area contributed by atoms with E-state index in [4.69, 9.17) is 0 Å². The normalized spacial score (nSPS) is 14.1. The summed E-state index contributed by atoms with van der Waals surface area (Å²) in [6, 6.07) is 12.3. The number of hydrogen-bond donors (Lipinski definition) is 1. The molecule has 0 saturated heterocycles. The molecule has 3 heteroatoms. The summed E-state index contributed by atoms with van der Waals surface area (Å²) in [5.74, 6) is 0.193. The zero-order chi connectivity index (χ0) is 14.7. The fraction of sp³-hybridized carbons (Fsp3) is 0.294. The molecule has 0 aliphatic carbocycles. The fourth-order valence-corrected chi connectivity index (χ4v) is 2.71. The van der Waals surface area contributed by atoms with Gasteiger partial charge in [0.2, 0.25) is 0 Å². The van der Waals surface area contributed by atoms with Crippen LogP contribution in [0.3, 0.4) is 0 Å². The van der Waals surface area contributed by atoms with Crippen LogP contribution >= 0.6 is 15.9 Å². The highest BCUT2D eigenvalue weighted by Gasteiger charge is 2.14. The Bertz CT molecular complexity index is 580. The van der Waals surface area contributed by atoms with Crippen LogP contribution in [0, 0.1) is 5.82 Å². The van der Waals surface area contributed by atoms with E-state index in [0.29, 0.717) is 16.0 Å². The summed E-state index contributed by atoms with van der Waals surface area (Å²) in [4.78, 5) is 0. The summed E-state index contributed by atoms with van der Waals surface area (Å²) >= 11 is 3.29. The Morgan fingerprint density at radius 1 is 1.10 bits per heavy atom. The predicted octanol–water partition coefficient (Wildman–Crippen LogP) is 5.18. The molecule has 0 aliphatic heterocycles. The van der Waals surface area contributed by atoms with Crippen LogP contribution in [0.5, 0.6) is 0 Å². The Morgan fingerprint density at radius 3 is 2.25 bits per heavy atom. The van der Waals surface area contributed by atoms with Crippen LogP contribution in [0.2, 0.25) is 0 Å². The highest BCUT2D eigenvalue weighted by atomic mass is 79.9. The molecule has 106 valence electrons. The van der Waals surface area contributed by atoms with Gasteiger partial charge >= 0.3 is 0 Å². The molecule has 0 fully saturated rings. The van der Waals surface area contributed by atoms with Crippen molar-refractivity contribution in [2.45, 2.75) is 32.3 Å². The van der Waals surface area contributed by atoms with Crippen molar-refractivity contribution in [2.75, 3.05) is 0 Å². The molecule has 0 bridgehead atoms. The second-order valence-corrected chi connectivity index (χ2v) is 5.90. The number of halogens is 2. The van der Waals surface area contributed by atoms with Gasteiger partial charge in [-0.2, -0.15) is 0 Å². The Hall–Kier alpha value is -1.19. The topological polar surface area (TPSA) is 20.2 Å². The summed E-state index contributed by atoms with van der Waals surface area (Å²) < 4.78 is 13.7. The van der Waals surface area contributed by atoms with Crippen LogP contribution in [0.4, 0.5) is 4.39 Å². The minimum atomic E-state index is -0.754. The lowest BCUT2D eigenvalue weighted by molar-refractivity contribution is 0.219. The van der Waals surface area contributed by atoms with Crippen LogP contribution < -0.4 is 0 Å².